The van der Waals surface area contributed by atoms with Crippen molar-refractivity contribution in [1.29, 1.82) is 0 Å². The fraction of sp³-hybridized carbons (Fsp3) is 0.231. The predicted molar refractivity (Wildman–Crippen MR) is 69.0 cm³/mol. The summed E-state index contributed by atoms with van der Waals surface area (Å²) in [5, 5.41) is 0. The molecule has 0 saturated carbocycles. The number of hydrogen-bond acceptors (Lipinski definition) is 6. The topological polar surface area (TPSA) is 91.0 Å². The third kappa shape index (κ3) is 4.02. The van der Waals surface area contributed by atoms with E-state index in [0.29, 0.717) is 18.1 Å². The fourth-order valence-corrected chi connectivity index (χ4v) is 1.58. The zero-order valence-electron chi connectivity index (χ0n) is 10.5. The van der Waals surface area contributed by atoms with Crippen molar-refractivity contribution in [1.82, 2.24) is 15.0 Å². The van der Waals surface area contributed by atoms with Crippen molar-refractivity contribution in [2.45, 2.75) is 20.0 Å². The molecule has 0 unspecified atom stereocenters. The van der Waals surface area contributed by atoms with Gasteiger partial charge < -0.3 is 10.5 Å². The van der Waals surface area contributed by atoms with Crippen LogP contribution in [0.1, 0.15) is 24.1 Å². The standard InChI is InChI=1S/C13H14N4O2/c1-9(18)19-8-12-15-11(16-13(14)17-12)7-10-5-3-2-4-6-10/h2-6H,7-8H2,1H3,(H2,14,15,16,17). The van der Waals surface area contributed by atoms with Crippen LogP contribution in [0.4, 0.5) is 5.95 Å². The molecule has 2 rings (SSSR count). The second kappa shape index (κ2) is 5.90. The first-order valence-corrected chi connectivity index (χ1v) is 5.80. The van der Waals surface area contributed by atoms with Crippen LogP contribution >= 0.6 is 0 Å². The lowest BCUT2D eigenvalue weighted by molar-refractivity contribution is -0.142. The molecular weight excluding hydrogens is 244 g/mol. The zero-order valence-corrected chi connectivity index (χ0v) is 10.5. The summed E-state index contributed by atoms with van der Waals surface area (Å²) in [6, 6.07) is 9.79. The number of benzene rings is 1. The van der Waals surface area contributed by atoms with Crippen molar-refractivity contribution in [2.24, 2.45) is 0 Å². The monoisotopic (exact) mass is 258 g/mol. The molecule has 0 amide bonds. The van der Waals surface area contributed by atoms with Crippen LogP contribution in [0, 0.1) is 0 Å². The van der Waals surface area contributed by atoms with Gasteiger partial charge in [-0.2, -0.15) is 9.97 Å². The number of nitrogens with zero attached hydrogens (tertiary/aromatic N) is 3. The molecule has 1 heterocycles. The quantitative estimate of drug-likeness (QED) is 0.826. The van der Waals surface area contributed by atoms with Crippen molar-refractivity contribution in [3.05, 3.63) is 47.5 Å². The van der Waals surface area contributed by atoms with E-state index >= 15 is 0 Å². The second-order valence-electron chi connectivity index (χ2n) is 3.97. The van der Waals surface area contributed by atoms with Gasteiger partial charge in [0, 0.05) is 13.3 Å². The Morgan fingerprint density at radius 2 is 1.84 bits per heavy atom. The van der Waals surface area contributed by atoms with E-state index in [2.05, 4.69) is 15.0 Å². The molecule has 19 heavy (non-hydrogen) atoms. The molecule has 0 bridgehead atoms. The Hall–Kier alpha value is -2.50. The lowest BCUT2D eigenvalue weighted by atomic mass is 10.1. The van der Waals surface area contributed by atoms with Gasteiger partial charge in [0.25, 0.3) is 0 Å². The number of nitrogen functional groups attached to an aromatic ring is 1. The van der Waals surface area contributed by atoms with E-state index in [1.54, 1.807) is 0 Å². The summed E-state index contributed by atoms with van der Waals surface area (Å²) in [7, 11) is 0. The lowest BCUT2D eigenvalue weighted by Gasteiger charge is -2.05. The van der Waals surface area contributed by atoms with Crippen molar-refractivity contribution >= 4 is 11.9 Å². The smallest absolute Gasteiger partial charge is 0.303 e. The van der Waals surface area contributed by atoms with Gasteiger partial charge in [0.05, 0.1) is 0 Å². The molecule has 2 N–H and O–H groups in total. The molecule has 0 aliphatic heterocycles. The van der Waals surface area contributed by atoms with E-state index in [1.165, 1.54) is 6.92 Å². The minimum absolute atomic E-state index is 0.00381. The molecule has 0 aliphatic rings. The van der Waals surface area contributed by atoms with Crippen LogP contribution in [0.5, 0.6) is 0 Å². The van der Waals surface area contributed by atoms with Crippen LogP contribution in [-0.2, 0) is 22.6 Å². The normalized spacial score (nSPS) is 10.2. The third-order valence-corrected chi connectivity index (χ3v) is 2.35. The van der Waals surface area contributed by atoms with Gasteiger partial charge in [-0.25, -0.2) is 4.98 Å². The number of nitrogens with two attached hydrogens (primary N) is 1. The number of rotatable bonds is 4. The van der Waals surface area contributed by atoms with E-state index in [0.717, 1.165) is 5.56 Å². The van der Waals surface area contributed by atoms with E-state index in [4.69, 9.17) is 10.5 Å². The van der Waals surface area contributed by atoms with E-state index in [-0.39, 0.29) is 18.5 Å². The summed E-state index contributed by atoms with van der Waals surface area (Å²) in [6.45, 7) is 1.33. The van der Waals surface area contributed by atoms with Crippen LogP contribution in [0.25, 0.3) is 0 Å². The Morgan fingerprint density at radius 1 is 1.16 bits per heavy atom. The van der Waals surface area contributed by atoms with E-state index in [1.807, 2.05) is 30.3 Å². The molecule has 6 heteroatoms. The largest absolute Gasteiger partial charge is 0.458 e. The van der Waals surface area contributed by atoms with Crippen molar-refractivity contribution in [3.63, 3.8) is 0 Å². The molecule has 0 spiro atoms. The highest BCUT2D eigenvalue weighted by molar-refractivity contribution is 5.65. The molecule has 2 aromatic rings. The van der Waals surface area contributed by atoms with E-state index in [9.17, 15) is 4.79 Å². The molecule has 98 valence electrons. The van der Waals surface area contributed by atoms with Crippen LogP contribution in [0.15, 0.2) is 30.3 Å². The summed E-state index contributed by atoms with van der Waals surface area (Å²) in [4.78, 5) is 23.0. The van der Waals surface area contributed by atoms with Crippen molar-refractivity contribution in [2.75, 3.05) is 5.73 Å². The highest BCUT2D eigenvalue weighted by Crippen LogP contribution is 2.07. The SMILES string of the molecule is CC(=O)OCc1nc(N)nc(Cc2ccccc2)n1. The minimum atomic E-state index is -0.386. The highest BCUT2D eigenvalue weighted by atomic mass is 16.5. The molecule has 0 aliphatic carbocycles. The first kappa shape index (κ1) is 12.9. The maximum atomic E-state index is 10.8. The Labute approximate surface area is 110 Å². The van der Waals surface area contributed by atoms with Crippen LogP contribution in [-0.4, -0.2) is 20.9 Å². The van der Waals surface area contributed by atoms with Gasteiger partial charge in [-0.1, -0.05) is 30.3 Å². The highest BCUT2D eigenvalue weighted by Gasteiger charge is 2.06. The average Bonchev–Trinajstić information content (AvgIpc) is 2.37. The van der Waals surface area contributed by atoms with Gasteiger partial charge >= 0.3 is 5.97 Å². The summed E-state index contributed by atoms with van der Waals surface area (Å²) < 4.78 is 4.84. The third-order valence-electron chi connectivity index (χ3n) is 2.35. The summed E-state index contributed by atoms with van der Waals surface area (Å²) in [5.74, 6) is 0.654. The van der Waals surface area contributed by atoms with Gasteiger partial charge in [-0.05, 0) is 5.56 Å². The molecule has 1 aromatic heterocycles. The maximum Gasteiger partial charge on any atom is 0.303 e. The van der Waals surface area contributed by atoms with Gasteiger partial charge in [0.1, 0.15) is 5.82 Å². The van der Waals surface area contributed by atoms with Crippen LogP contribution in [0.3, 0.4) is 0 Å². The maximum absolute atomic E-state index is 10.8. The Kier molecular flexibility index (Phi) is 4.02. The number of hydrogen-bond donors (Lipinski definition) is 1. The second-order valence-corrected chi connectivity index (χ2v) is 3.97. The van der Waals surface area contributed by atoms with Gasteiger partial charge in [-0.15, -0.1) is 0 Å². The number of anilines is 1. The molecule has 0 fully saturated rings. The van der Waals surface area contributed by atoms with E-state index < -0.39 is 0 Å². The molecule has 0 radical (unpaired) electrons. The zero-order chi connectivity index (χ0) is 13.7. The molecule has 1 aromatic carbocycles. The molecule has 6 nitrogen and oxygen atoms in total. The van der Waals surface area contributed by atoms with Crippen LogP contribution < -0.4 is 5.73 Å². The number of esters is 1. The first-order valence-electron chi connectivity index (χ1n) is 5.80. The number of carbonyl (C=O) groups is 1. The number of aromatic nitrogens is 3. The average molecular weight is 258 g/mol. The summed E-state index contributed by atoms with van der Waals surface area (Å²) >= 11 is 0. The summed E-state index contributed by atoms with van der Waals surface area (Å²) in [6.07, 6.45) is 0.556. The first-order chi connectivity index (χ1) is 9.13. The fourth-order valence-electron chi connectivity index (χ4n) is 1.58. The lowest BCUT2D eigenvalue weighted by Crippen LogP contribution is -2.10. The Bertz CT molecular complexity index is 572. The van der Waals surface area contributed by atoms with Crippen molar-refractivity contribution in [3.8, 4) is 0 Å². The van der Waals surface area contributed by atoms with Gasteiger partial charge in [-0.3, -0.25) is 4.79 Å². The van der Waals surface area contributed by atoms with Gasteiger partial charge in [0.2, 0.25) is 5.95 Å². The minimum Gasteiger partial charge on any atom is -0.458 e. The van der Waals surface area contributed by atoms with Crippen LogP contribution in [0.2, 0.25) is 0 Å². The number of carbonyl (C=O) groups excluding carboxylic acids is 1. The summed E-state index contributed by atoms with van der Waals surface area (Å²) in [5.41, 5.74) is 6.69. The van der Waals surface area contributed by atoms with Crippen molar-refractivity contribution < 1.29 is 9.53 Å². The molecule has 0 saturated heterocycles. The predicted octanol–water partition coefficient (Wildman–Crippen LogP) is 1.11. The Balaban J connectivity index is 2.14. The number of ether oxygens (including phenoxy) is 1. The molecular formula is C13H14N4O2. The van der Waals surface area contributed by atoms with Gasteiger partial charge in [0.15, 0.2) is 12.4 Å². The molecule has 0 atom stereocenters. The Morgan fingerprint density at radius 3 is 2.53 bits per heavy atom.